The molecule has 37 heavy (non-hydrogen) atoms. The van der Waals surface area contributed by atoms with E-state index in [2.05, 4.69) is 41.5 Å². The maximum Gasteiger partial charge on any atom is 2.00 e. The molecule has 0 N–H and O–H groups in total. The van der Waals surface area contributed by atoms with Crippen molar-refractivity contribution in [2.75, 3.05) is 23.0 Å². The van der Waals surface area contributed by atoms with Crippen LogP contribution in [0.1, 0.15) is 119 Å². The van der Waals surface area contributed by atoms with E-state index in [4.69, 9.17) is 24.5 Å². The average molecular weight is 791 g/mol. The molecule has 0 spiro atoms. The van der Waals surface area contributed by atoms with E-state index in [1.807, 2.05) is 0 Å². The largest absolute Gasteiger partial charge is 2.00 e. The summed E-state index contributed by atoms with van der Waals surface area (Å²) in [7, 11) is -1.12. The normalized spacial score (nSPS) is 14.6. The van der Waals surface area contributed by atoms with Gasteiger partial charge in [-0.3, -0.25) is 0 Å². The van der Waals surface area contributed by atoms with Crippen LogP contribution in [0, 0.1) is 11.8 Å². The minimum Gasteiger partial charge on any atom is -0.854 e. The molecule has 0 aliphatic carbocycles. The van der Waals surface area contributed by atoms with Crippen molar-refractivity contribution in [2.45, 2.75) is 119 Å². The molecule has 0 saturated heterocycles. The second-order valence-electron chi connectivity index (χ2n) is 9.10. The summed E-state index contributed by atoms with van der Waals surface area (Å²) in [6, 6.07) is 0. The fourth-order valence-electron chi connectivity index (χ4n) is 3.54. The molecule has 0 radical (unpaired) electrons. The van der Waals surface area contributed by atoms with E-state index in [-0.39, 0.29) is 58.4 Å². The SMILES string of the molecule is CCCCC(CC)CS(CCCC)=P([O-])([O-])[S-].CCCCC(CC)CS(CCCC)=P([O-])([O-])[S-].[Zn+2].[Zn+2].[Zn+2]. The van der Waals surface area contributed by atoms with Gasteiger partial charge in [-0.25, -0.2) is 20.1 Å². The quantitative estimate of drug-likeness (QED) is 0.109. The molecule has 0 fully saturated rings. The van der Waals surface area contributed by atoms with E-state index in [0.29, 0.717) is 11.8 Å². The fraction of sp³-hybridized carbons (Fsp3) is 1.00. The number of hydrogen-bond donors (Lipinski definition) is 0. The van der Waals surface area contributed by atoms with E-state index in [0.717, 1.165) is 74.4 Å². The molecule has 4 unspecified atom stereocenters. The van der Waals surface area contributed by atoms with Crippen LogP contribution in [-0.4, -0.2) is 23.0 Å². The molecule has 13 heteroatoms. The summed E-state index contributed by atoms with van der Waals surface area (Å²) in [4.78, 5) is 46.5. The third-order valence-electron chi connectivity index (χ3n) is 6.04. The smallest absolute Gasteiger partial charge is 0.854 e. The summed E-state index contributed by atoms with van der Waals surface area (Å²) < 4.78 is 0. The monoisotopic (exact) mass is 786 g/mol. The van der Waals surface area contributed by atoms with Crippen LogP contribution >= 0.6 is 11.4 Å². The van der Waals surface area contributed by atoms with Gasteiger partial charge in [-0.1, -0.05) is 92.9 Å². The first-order valence-corrected chi connectivity index (χ1v) is 22.9. The summed E-state index contributed by atoms with van der Waals surface area (Å²) in [5.41, 5.74) is -7.09. The van der Waals surface area contributed by atoms with E-state index < -0.39 is 31.5 Å². The third-order valence-corrected chi connectivity index (χ3v) is 20.1. The second-order valence-corrected chi connectivity index (χ2v) is 24.5. The van der Waals surface area contributed by atoms with Crippen molar-refractivity contribution >= 4 is 56.0 Å². The van der Waals surface area contributed by atoms with Gasteiger partial charge in [0.15, 0.2) is 0 Å². The predicted octanol–water partition coefficient (Wildman–Crippen LogP) is 5.13. The summed E-state index contributed by atoms with van der Waals surface area (Å²) in [6.45, 7) is 12.8. The molecule has 0 aromatic heterocycles. The van der Waals surface area contributed by atoms with Gasteiger partial charge in [-0.05, 0) is 60.5 Å². The Morgan fingerprint density at radius 1 is 0.541 bits per heavy atom. The molecular formula is C24H52O4P2S4Zn3. The Kier molecular flexibility index (Phi) is 42.9. The molecule has 0 rings (SSSR count). The zero-order valence-electron chi connectivity index (χ0n) is 24.8. The molecule has 0 aromatic carbocycles. The molecule has 0 bridgehead atoms. The van der Waals surface area contributed by atoms with Crippen molar-refractivity contribution < 1.29 is 78.0 Å². The van der Waals surface area contributed by atoms with Crippen LogP contribution in [0.3, 0.4) is 0 Å². The summed E-state index contributed by atoms with van der Waals surface area (Å²) in [6.07, 6.45) is 13.3. The van der Waals surface area contributed by atoms with Gasteiger partial charge in [0.05, 0.1) is 0 Å². The molecule has 0 aliphatic heterocycles. The Morgan fingerprint density at radius 3 is 1.00 bits per heavy atom. The Labute approximate surface area is 284 Å². The van der Waals surface area contributed by atoms with Crippen molar-refractivity contribution in [3.05, 3.63) is 0 Å². The van der Waals surface area contributed by atoms with E-state index >= 15 is 0 Å². The zero-order valence-corrected chi connectivity index (χ0v) is 38.7. The van der Waals surface area contributed by atoms with Gasteiger partial charge < -0.3 is 55.5 Å². The van der Waals surface area contributed by atoms with Crippen molar-refractivity contribution in [1.29, 1.82) is 0 Å². The van der Waals surface area contributed by atoms with E-state index in [1.165, 1.54) is 25.7 Å². The van der Waals surface area contributed by atoms with Crippen LogP contribution < -0.4 is 19.6 Å². The number of rotatable bonds is 18. The van der Waals surface area contributed by atoms with Gasteiger partial charge in [0.1, 0.15) is 0 Å². The predicted molar refractivity (Wildman–Crippen MR) is 159 cm³/mol. The van der Waals surface area contributed by atoms with Crippen molar-refractivity contribution in [3.63, 3.8) is 0 Å². The molecular weight excluding hydrogens is 739 g/mol. The van der Waals surface area contributed by atoms with Gasteiger partial charge in [-0.15, -0.1) is 0 Å². The fourth-order valence-corrected chi connectivity index (χ4v) is 14.7. The van der Waals surface area contributed by atoms with Gasteiger partial charge >= 0.3 is 58.4 Å². The summed E-state index contributed by atoms with van der Waals surface area (Å²) >= 11 is 9.42. The molecule has 0 aliphatic rings. The Balaban J connectivity index is -0.000000171. The van der Waals surface area contributed by atoms with Crippen LogP contribution in [0.2, 0.25) is 0 Å². The topological polar surface area (TPSA) is 92.2 Å². The first-order valence-electron chi connectivity index (χ1n) is 13.3. The van der Waals surface area contributed by atoms with Crippen molar-refractivity contribution in [3.8, 4) is 0 Å². The number of hydrogen-bond acceptors (Lipinski definition) is 6. The first-order chi connectivity index (χ1) is 15.9. The van der Waals surface area contributed by atoms with Crippen LogP contribution in [0.15, 0.2) is 0 Å². The maximum absolute atomic E-state index is 11.6. The van der Waals surface area contributed by atoms with Gasteiger partial charge in [0.2, 0.25) is 0 Å². The minimum atomic E-state index is -3.54. The van der Waals surface area contributed by atoms with Gasteiger partial charge in [0.25, 0.3) is 0 Å². The summed E-state index contributed by atoms with van der Waals surface area (Å²) in [5.74, 6) is 4.26. The second kappa shape index (κ2) is 31.4. The standard InChI is InChI=1S/2C12H26O2PS2.3Zn/c2*1-4-7-9-12(6-3)11-17(10-8-5-2)15(13,14)16;;;/h2*12H,4-11H2,1-3H3;;;/q2*-3;3*+2. The third kappa shape index (κ3) is 29.8. The van der Waals surface area contributed by atoms with Gasteiger partial charge in [-0.2, -0.15) is 0 Å². The molecule has 4 atom stereocenters. The van der Waals surface area contributed by atoms with Crippen LogP contribution in [0.5, 0.6) is 0 Å². The molecule has 212 valence electrons. The maximum atomic E-state index is 11.6. The van der Waals surface area contributed by atoms with E-state index in [1.54, 1.807) is 0 Å². The number of unbranched alkanes of at least 4 members (excludes halogenated alkanes) is 4. The van der Waals surface area contributed by atoms with Gasteiger partial charge in [0, 0.05) is 0 Å². The minimum absolute atomic E-state index is 0. The van der Waals surface area contributed by atoms with E-state index in [9.17, 15) is 19.6 Å². The summed E-state index contributed by atoms with van der Waals surface area (Å²) in [5, 5.41) is 0. The molecule has 0 aromatic rings. The molecule has 0 saturated carbocycles. The average Bonchev–Trinajstić information content (AvgIpc) is 2.77. The Bertz CT molecular complexity index is 552. The molecule has 0 amide bonds. The first kappa shape index (κ1) is 50.6. The van der Waals surface area contributed by atoms with Crippen molar-refractivity contribution in [1.82, 2.24) is 0 Å². The zero-order chi connectivity index (χ0) is 26.6. The molecule has 0 heterocycles. The Hall–Kier alpha value is 3.97. The Morgan fingerprint density at radius 2 is 0.811 bits per heavy atom. The van der Waals surface area contributed by atoms with Crippen molar-refractivity contribution in [2.24, 2.45) is 11.8 Å². The van der Waals surface area contributed by atoms with Crippen LogP contribution in [-0.2, 0) is 103 Å². The molecule has 4 nitrogen and oxygen atoms in total. The van der Waals surface area contributed by atoms with Crippen LogP contribution in [0.25, 0.3) is 0 Å². The van der Waals surface area contributed by atoms with Crippen LogP contribution in [0.4, 0.5) is 0 Å².